The molecular formula is C24H30N4O4S. The lowest BCUT2D eigenvalue weighted by atomic mass is 9.94. The van der Waals surface area contributed by atoms with Gasteiger partial charge in [-0.2, -0.15) is 0 Å². The van der Waals surface area contributed by atoms with Crippen molar-refractivity contribution in [2.24, 2.45) is 5.92 Å². The van der Waals surface area contributed by atoms with E-state index in [0.29, 0.717) is 18.5 Å². The molecule has 0 radical (unpaired) electrons. The summed E-state index contributed by atoms with van der Waals surface area (Å²) in [6.45, 7) is 2.24. The Hall–Kier alpha value is -2.75. The monoisotopic (exact) mass is 470 g/mol. The number of hydrogen-bond acceptors (Lipinski definition) is 6. The Morgan fingerprint density at radius 3 is 2.52 bits per heavy atom. The van der Waals surface area contributed by atoms with Crippen LogP contribution in [0.15, 0.2) is 58.3 Å². The van der Waals surface area contributed by atoms with Crippen LogP contribution in [0, 0.1) is 5.92 Å². The average molecular weight is 471 g/mol. The molecule has 2 aromatic rings. The molecule has 0 bridgehead atoms. The number of fused-ring (bicyclic) bond motifs is 1. The first kappa shape index (κ1) is 23.4. The summed E-state index contributed by atoms with van der Waals surface area (Å²) in [4.78, 5) is 26.5. The number of amides is 2. The van der Waals surface area contributed by atoms with Crippen LogP contribution in [-0.4, -0.2) is 64.4 Å². The zero-order chi connectivity index (χ0) is 23.6. The molecule has 2 aliphatic rings. The number of carbonyl (C=O) groups is 2. The van der Waals surface area contributed by atoms with Crippen molar-refractivity contribution in [2.45, 2.75) is 41.3 Å². The molecule has 2 aromatic carbocycles. The van der Waals surface area contributed by atoms with E-state index in [0.717, 1.165) is 31.5 Å². The van der Waals surface area contributed by atoms with Gasteiger partial charge in [0.25, 0.3) is 5.91 Å². The summed E-state index contributed by atoms with van der Waals surface area (Å²) >= 11 is 0. The molecule has 8 nitrogen and oxygen atoms in total. The fraction of sp³-hybridized carbons (Fsp3) is 0.417. The largest absolute Gasteiger partial charge is 0.351 e. The number of sulfone groups is 1. The Kier molecular flexibility index (Phi) is 6.83. The van der Waals surface area contributed by atoms with E-state index in [-0.39, 0.29) is 33.2 Å². The fourth-order valence-electron chi connectivity index (χ4n) is 4.55. The van der Waals surface area contributed by atoms with Crippen molar-refractivity contribution < 1.29 is 18.0 Å². The van der Waals surface area contributed by atoms with Crippen molar-refractivity contribution >= 4 is 21.7 Å². The second-order valence-electron chi connectivity index (χ2n) is 8.88. The van der Waals surface area contributed by atoms with Crippen LogP contribution in [-0.2, 0) is 21.2 Å². The molecule has 0 saturated carbocycles. The molecule has 2 heterocycles. The van der Waals surface area contributed by atoms with Gasteiger partial charge in [0.05, 0.1) is 21.4 Å². The smallest absolute Gasteiger partial charge is 0.254 e. The van der Waals surface area contributed by atoms with Crippen LogP contribution >= 0.6 is 0 Å². The maximum atomic E-state index is 13.2. The maximum absolute atomic E-state index is 13.2. The highest BCUT2D eigenvalue weighted by Crippen LogP contribution is 2.26. The summed E-state index contributed by atoms with van der Waals surface area (Å²) < 4.78 is 26.4. The first-order valence-electron chi connectivity index (χ1n) is 11.2. The Morgan fingerprint density at radius 1 is 1.09 bits per heavy atom. The van der Waals surface area contributed by atoms with Crippen molar-refractivity contribution in [3.05, 3.63) is 59.7 Å². The molecule has 3 atom stereocenters. The zero-order valence-corrected chi connectivity index (χ0v) is 19.7. The molecule has 33 heavy (non-hydrogen) atoms. The van der Waals surface area contributed by atoms with Crippen LogP contribution in [0.3, 0.4) is 0 Å². The SMILES string of the molecule is CN(C)C(=O)c1ccccc1S(=O)(=O)c1ccc(CNC(=O)C2CC3CNCCC3N2)cc1. The third-order valence-corrected chi connectivity index (χ3v) is 8.22. The number of rotatable bonds is 6. The summed E-state index contributed by atoms with van der Waals surface area (Å²) in [6.07, 6.45) is 1.86. The molecule has 9 heteroatoms. The molecule has 0 spiro atoms. The van der Waals surface area contributed by atoms with E-state index in [1.54, 1.807) is 38.4 Å². The third kappa shape index (κ3) is 4.95. The van der Waals surface area contributed by atoms with E-state index in [9.17, 15) is 18.0 Å². The van der Waals surface area contributed by atoms with Crippen LogP contribution in [0.5, 0.6) is 0 Å². The molecular weight excluding hydrogens is 440 g/mol. The van der Waals surface area contributed by atoms with Crippen molar-refractivity contribution in [2.75, 3.05) is 27.2 Å². The van der Waals surface area contributed by atoms with Gasteiger partial charge in [-0.1, -0.05) is 24.3 Å². The fourth-order valence-corrected chi connectivity index (χ4v) is 6.00. The van der Waals surface area contributed by atoms with E-state index in [1.165, 1.54) is 29.2 Å². The highest BCUT2D eigenvalue weighted by atomic mass is 32.2. The van der Waals surface area contributed by atoms with E-state index < -0.39 is 9.84 Å². The van der Waals surface area contributed by atoms with Gasteiger partial charge in [-0.25, -0.2) is 8.42 Å². The molecule has 3 N–H and O–H groups in total. The number of benzene rings is 2. The van der Waals surface area contributed by atoms with Crippen molar-refractivity contribution in [3.8, 4) is 0 Å². The van der Waals surface area contributed by atoms with Gasteiger partial charge in [-0.05, 0) is 61.7 Å². The van der Waals surface area contributed by atoms with Crippen LogP contribution in [0.4, 0.5) is 0 Å². The molecule has 2 amide bonds. The molecule has 2 saturated heterocycles. The number of carbonyl (C=O) groups excluding carboxylic acids is 2. The second kappa shape index (κ2) is 9.62. The van der Waals surface area contributed by atoms with E-state index in [4.69, 9.17) is 0 Å². The van der Waals surface area contributed by atoms with Crippen molar-refractivity contribution in [1.29, 1.82) is 0 Å². The standard InChI is InChI=1S/C24H30N4O4S/c1-28(2)24(30)19-5-3-4-6-22(19)33(31,32)18-9-7-16(8-10-18)14-26-23(29)21-13-17-15-25-12-11-20(17)27-21/h3-10,17,20-21,25,27H,11-15H2,1-2H3,(H,26,29). The minimum absolute atomic E-state index is 0.0204. The molecule has 2 fully saturated rings. The lowest BCUT2D eigenvalue weighted by molar-refractivity contribution is -0.123. The average Bonchev–Trinajstić information content (AvgIpc) is 3.27. The lowest BCUT2D eigenvalue weighted by Gasteiger charge is -2.25. The molecule has 176 valence electrons. The third-order valence-electron chi connectivity index (χ3n) is 6.39. The molecule has 2 aliphatic heterocycles. The van der Waals surface area contributed by atoms with Gasteiger partial charge in [-0.3, -0.25) is 9.59 Å². The number of piperidine rings is 1. The Labute approximate surface area is 194 Å². The zero-order valence-electron chi connectivity index (χ0n) is 18.9. The first-order chi connectivity index (χ1) is 15.8. The quantitative estimate of drug-likeness (QED) is 0.585. The Morgan fingerprint density at radius 2 is 1.82 bits per heavy atom. The van der Waals surface area contributed by atoms with Gasteiger partial charge in [0.1, 0.15) is 0 Å². The summed E-state index contributed by atoms with van der Waals surface area (Å²) in [5.41, 5.74) is 0.940. The molecule has 3 unspecified atom stereocenters. The predicted octanol–water partition coefficient (Wildman–Crippen LogP) is 1.18. The number of nitrogens with zero attached hydrogens (tertiary/aromatic N) is 1. The van der Waals surface area contributed by atoms with Gasteiger partial charge in [0.2, 0.25) is 15.7 Å². The van der Waals surface area contributed by atoms with Crippen molar-refractivity contribution in [3.63, 3.8) is 0 Å². The van der Waals surface area contributed by atoms with Gasteiger partial charge in [0, 0.05) is 26.7 Å². The number of hydrogen-bond donors (Lipinski definition) is 3. The Bertz CT molecular complexity index is 1120. The topological polar surface area (TPSA) is 108 Å². The van der Waals surface area contributed by atoms with Crippen LogP contribution in [0.1, 0.15) is 28.8 Å². The first-order valence-corrected chi connectivity index (χ1v) is 12.6. The summed E-state index contributed by atoms with van der Waals surface area (Å²) in [6, 6.07) is 12.8. The van der Waals surface area contributed by atoms with E-state index in [1.807, 2.05) is 0 Å². The maximum Gasteiger partial charge on any atom is 0.254 e. The lowest BCUT2D eigenvalue weighted by Crippen LogP contribution is -2.45. The van der Waals surface area contributed by atoms with Crippen LogP contribution < -0.4 is 16.0 Å². The van der Waals surface area contributed by atoms with Gasteiger partial charge in [0.15, 0.2) is 0 Å². The predicted molar refractivity (Wildman–Crippen MR) is 125 cm³/mol. The highest BCUT2D eigenvalue weighted by Gasteiger charge is 2.38. The van der Waals surface area contributed by atoms with E-state index in [2.05, 4.69) is 16.0 Å². The molecule has 4 rings (SSSR count). The molecule has 0 aromatic heterocycles. The Balaban J connectivity index is 1.42. The van der Waals surface area contributed by atoms with Gasteiger partial charge in [-0.15, -0.1) is 0 Å². The normalized spacial score (nSPS) is 22.4. The second-order valence-corrected chi connectivity index (χ2v) is 10.8. The molecule has 0 aliphatic carbocycles. The summed E-state index contributed by atoms with van der Waals surface area (Å²) in [5, 5.41) is 9.77. The minimum atomic E-state index is -3.87. The number of nitrogens with one attached hydrogen (secondary N) is 3. The van der Waals surface area contributed by atoms with E-state index >= 15 is 0 Å². The minimum Gasteiger partial charge on any atom is -0.351 e. The van der Waals surface area contributed by atoms with Gasteiger partial charge >= 0.3 is 0 Å². The highest BCUT2D eigenvalue weighted by molar-refractivity contribution is 7.91. The van der Waals surface area contributed by atoms with Crippen LogP contribution in [0.2, 0.25) is 0 Å². The summed E-state index contributed by atoms with van der Waals surface area (Å²) in [7, 11) is -0.704. The van der Waals surface area contributed by atoms with Gasteiger partial charge < -0.3 is 20.9 Å². The summed E-state index contributed by atoms with van der Waals surface area (Å²) in [5.74, 6) is 0.0862. The van der Waals surface area contributed by atoms with Crippen molar-refractivity contribution in [1.82, 2.24) is 20.9 Å². The van der Waals surface area contributed by atoms with Crippen LogP contribution in [0.25, 0.3) is 0 Å².